The lowest BCUT2D eigenvalue weighted by molar-refractivity contribution is 0.614. The number of hydrogen-bond donors (Lipinski definition) is 1. The molecule has 3 heteroatoms. The highest BCUT2D eigenvalue weighted by Gasteiger charge is 2.04. The molecule has 1 nitrogen and oxygen atoms in total. The van der Waals surface area contributed by atoms with Gasteiger partial charge in [-0.2, -0.15) is 0 Å². The summed E-state index contributed by atoms with van der Waals surface area (Å²) in [5, 5.41) is 0. The topological polar surface area (TPSA) is 26.0 Å². The van der Waals surface area contributed by atoms with E-state index in [0.29, 0.717) is 17.7 Å². The summed E-state index contributed by atoms with van der Waals surface area (Å²) in [6.45, 7) is 2.16. The molecule has 0 aliphatic rings. The van der Waals surface area contributed by atoms with E-state index in [2.05, 4.69) is 15.9 Å². The Morgan fingerprint density at radius 1 is 1.54 bits per heavy atom. The molecule has 0 aliphatic heterocycles. The van der Waals surface area contributed by atoms with Gasteiger partial charge in [0.2, 0.25) is 0 Å². The van der Waals surface area contributed by atoms with E-state index in [1.54, 1.807) is 25.1 Å². The number of rotatable bonds is 2. The van der Waals surface area contributed by atoms with Gasteiger partial charge in [0.15, 0.2) is 0 Å². The molecule has 0 aliphatic carbocycles. The van der Waals surface area contributed by atoms with Crippen LogP contribution in [0.4, 0.5) is 4.39 Å². The molecule has 1 rings (SSSR count). The molecular formula is C10H11BrFN. The fraction of sp³-hybridized carbons (Fsp3) is 0.200. The van der Waals surface area contributed by atoms with E-state index in [1.807, 2.05) is 6.07 Å². The van der Waals surface area contributed by atoms with Crippen LogP contribution < -0.4 is 5.73 Å². The van der Waals surface area contributed by atoms with Crippen LogP contribution in [-0.4, -0.2) is 6.54 Å². The van der Waals surface area contributed by atoms with E-state index < -0.39 is 0 Å². The number of hydrogen-bond acceptors (Lipinski definition) is 1. The predicted octanol–water partition coefficient (Wildman–Crippen LogP) is 2.87. The molecule has 0 amide bonds. The Kier molecular flexibility index (Phi) is 3.63. The highest BCUT2D eigenvalue weighted by atomic mass is 79.9. The summed E-state index contributed by atoms with van der Waals surface area (Å²) in [6.07, 6.45) is 3.42. The second-order valence-corrected chi connectivity index (χ2v) is 3.57. The lowest BCUT2D eigenvalue weighted by Crippen LogP contribution is -1.93. The quantitative estimate of drug-likeness (QED) is 0.850. The van der Waals surface area contributed by atoms with Crippen LogP contribution in [0.25, 0.3) is 6.08 Å². The van der Waals surface area contributed by atoms with Crippen molar-refractivity contribution < 1.29 is 4.39 Å². The fourth-order valence-corrected chi connectivity index (χ4v) is 1.31. The minimum absolute atomic E-state index is 0.195. The van der Waals surface area contributed by atoms with E-state index in [9.17, 15) is 4.39 Å². The minimum Gasteiger partial charge on any atom is -0.327 e. The van der Waals surface area contributed by atoms with Gasteiger partial charge in [0.25, 0.3) is 0 Å². The first kappa shape index (κ1) is 10.4. The summed E-state index contributed by atoms with van der Waals surface area (Å²) >= 11 is 3.26. The third-order valence-corrected chi connectivity index (χ3v) is 2.64. The predicted molar refractivity (Wildman–Crippen MR) is 56.9 cm³/mol. The maximum atomic E-state index is 13.5. The summed E-state index contributed by atoms with van der Waals surface area (Å²) in [4.78, 5) is 0. The zero-order chi connectivity index (χ0) is 9.84. The van der Waals surface area contributed by atoms with Crippen LogP contribution in [0.15, 0.2) is 22.7 Å². The molecule has 0 unspecified atom stereocenters. The van der Waals surface area contributed by atoms with Gasteiger partial charge in [0, 0.05) is 16.6 Å². The molecule has 1 aromatic carbocycles. The Bertz CT molecular complexity index is 334. The van der Waals surface area contributed by atoms with E-state index in [0.717, 1.165) is 4.47 Å². The van der Waals surface area contributed by atoms with E-state index in [-0.39, 0.29) is 5.82 Å². The van der Waals surface area contributed by atoms with Crippen LogP contribution in [0.1, 0.15) is 11.1 Å². The van der Waals surface area contributed by atoms with Crippen molar-refractivity contribution in [2.45, 2.75) is 6.92 Å². The van der Waals surface area contributed by atoms with Crippen molar-refractivity contribution in [3.05, 3.63) is 39.6 Å². The Hall–Kier alpha value is -0.670. The van der Waals surface area contributed by atoms with Crippen molar-refractivity contribution in [2.75, 3.05) is 6.54 Å². The van der Waals surface area contributed by atoms with Gasteiger partial charge in [-0.25, -0.2) is 4.39 Å². The second kappa shape index (κ2) is 4.53. The van der Waals surface area contributed by atoms with Crippen LogP contribution in [0.5, 0.6) is 0 Å². The monoisotopic (exact) mass is 243 g/mol. The number of halogens is 2. The number of benzene rings is 1. The highest BCUT2D eigenvalue weighted by molar-refractivity contribution is 9.10. The van der Waals surface area contributed by atoms with Gasteiger partial charge < -0.3 is 5.73 Å². The standard InChI is InChI=1S/C10H11BrFN/c1-7-9(11)5-4-8(10(7)12)3-2-6-13/h2-5H,6,13H2,1H3/b3-2+. The van der Waals surface area contributed by atoms with Crippen molar-refractivity contribution in [1.29, 1.82) is 0 Å². The van der Waals surface area contributed by atoms with Gasteiger partial charge in [-0.3, -0.25) is 0 Å². The molecule has 0 bridgehead atoms. The normalized spacial score (nSPS) is 11.1. The molecule has 13 heavy (non-hydrogen) atoms. The first-order valence-electron chi connectivity index (χ1n) is 3.98. The van der Waals surface area contributed by atoms with Gasteiger partial charge in [0.05, 0.1) is 0 Å². The molecule has 0 saturated heterocycles. The second-order valence-electron chi connectivity index (χ2n) is 2.71. The minimum atomic E-state index is -0.195. The summed E-state index contributed by atoms with van der Waals surface area (Å²) in [5.74, 6) is -0.195. The van der Waals surface area contributed by atoms with Crippen molar-refractivity contribution in [3.8, 4) is 0 Å². The smallest absolute Gasteiger partial charge is 0.134 e. The molecule has 70 valence electrons. The largest absolute Gasteiger partial charge is 0.327 e. The third kappa shape index (κ3) is 2.39. The summed E-state index contributed by atoms with van der Waals surface area (Å²) < 4.78 is 14.3. The average molecular weight is 244 g/mol. The van der Waals surface area contributed by atoms with Gasteiger partial charge in [-0.15, -0.1) is 0 Å². The molecule has 1 aromatic rings. The molecular weight excluding hydrogens is 233 g/mol. The molecule has 2 N–H and O–H groups in total. The van der Waals surface area contributed by atoms with Crippen molar-refractivity contribution in [1.82, 2.24) is 0 Å². The van der Waals surface area contributed by atoms with Gasteiger partial charge in [-0.1, -0.05) is 34.1 Å². The highest BCUT2D eigenvalue weighted by Crippen LogP contribution is 2.22. The molecule has 0 fully saturated rings. The molecule has 0 heterocycles. The lowest BCUT2D eigenvalue weighted by Gasteiger charge is -2.02. The SMILES string of the molecule is Cc1c(Br)ccc(/C=C/CN)c1F. The van der Waals surface area contributed by atoms with Crippen LogP contribution in [0.3, 0.4) is 0 Å². The fourth-order valence-electron chi connectivity index (χ4n) is 1.01. The van der Waals surface area contributed by atoms with Crippen molar-refractivity contribution in [3.63, 3.8) is 0 Å². The first-order valence-corrected chi connectivity index (χ1v) is 4.77. The van der Waals surface area contributed by atoms with Crippen LogP contribution in [0, 0.1) is 12.7 Å². The van der Waals surface area contributed by atoms with Crippen LogP contribution >= 0.6 is 15.9 Å². The van der Waals surface area contributed by atoms with Crippen molar-refractivity contribution >= 4 is 22.0 Å². The summed E-state index contributed by atoms with van der Waals surface area (Å²) in [5.41, 5.74) is 6.48. The van der Waals surface area contributed by atoms with Crippen molar-refractivity contribution in [2.24, 2.45) is 5.73 Å². The molecule has 0 saturated carbocycles. The maximum absolute atomic E-state index is 13.5. The Morgan fingerprint density at radius 2 is 2.23 bits per heavy atom. The zero-order valence-electron chi connectivity index (χ0n) is 7.35. The first-order chi connectivity index (χ1) is 6.16. The zero-order valence-corrected chi connectivity index (χ0v) is 8.94. The van der Waals surface area contributed by atoms with Gasteiger partial charge in [0.1, 0.15) is 5.82 Å². The molecule has 0 spiro atoms. The third-order valence-electron chi connectivity index (χ3n) is 1.78. The molecule has 0 aromatic heterocycles. The summed E-state index contributed by atoms with van der Waals surface area (Å²) in [7, 11) is 0. The average Bonchev–Trinajstić information content (AvgIpc) is 2.13. The summed E-state index contributed by atoms with van der Waals surface area (Å²) in [6, 6.07) is 3.55. The molecule has 0 radical (unpaired) electrons. The van der Waals surface area contributed by atoms with E-state index in [1.165, 1.54) is 0 Å². The van der Waals surface area contributed by atoms with Crippen LogP contribution in [-0.2, 0) is 0 Å². The Labute approximate surface area is 85.6 Å². The van der Waals surface area contributed by atoms with Gasteiger partial charge in [-0.05, 0) is 18.6 Å². The van der Waals surface area contributed by atoms with Crippen LogP contribution in [0.2, 0.25) is 0 Å². The Balaban J connectivity index is 3.11. The Morgan fingerprint density at radius 3 is 2.85 bits per heavy atom. The number of nitrogens with two attached hydrogens (primary N) is 1. The van der Waals surface area contributed by atoms with E-state index in [4.69, 9.17) is 5.73 Å². The van der Waals surface area contributed by atoms with E-state index >= 15 is 0 Å². The van der Waals surface area contributed by atoms with Gasteiger partial charge >= 0.3 is 0 Å². The lowest BCUT2D eigenvalue weighted by atomic mass is 10.1. The maximum Gasteiger partial charge on any atom is 0.134 e. The molecule has 0 atom stereocenters.